The van der Waals surface area contributed by atoms with E-state index in [9.17, 15) is 0 Å². The Labute approximate surface area is 334 Å². The minimum Gasteiger partial charge on any atom is -0.399 e. The summed E-state index contributed by atoms with van der Waals surface area (Å²) >= 11 is 0. The maximum Gasteiger partial charge on any atom is 0.252 e. The first kappa shape index (κ1) is 35.0. The fourth-order valence-corrected chi connectivity index (χ4v) is 10.8. The first-order valence-corrected chi connectivity index (χ1v) is 20.6. The number of para-hydroxylation sites is 2. The van der Waals surface area contributed by atoms with Gasteiger partial charge in [0.1, 0.15) is 0 Å². The molecule has 2 unspecified atom stereocenters. The molecule has 0 saturated heterocycles. The first-order chi connectivity index (χ1) is 26.7. The van der Waals surface area contributed by atoms with Crippen molar-refractivity contribution in [2.45, 2.75) is 96.4 Å². The molecule has 2 atom stereocenters. The zero-order valence-electron chi connectivity index (χ0n) is 34.2. The number of nitrogen functional groups attached to an aromatic ring is 1. The summed E-state index contributed by atoms with van der Waals surface area (Å²) in [6.45, 7) is 18.9. The summed E-state index contributed by atoms with van der Waals surface area (Å²) < 4.78 is 0. The van der Waals surface area contributed by atoms with Gasteiger partial charge in [0.05, 0.1) is 5.54 Å². The second-order valence-corrected chi connectivity index (χ2v) is 19.3. The highest BCUT2D eigenvalue weighted by molar-refractivity contribution is 7.00. The van der Waals surface area contributed by atoms with Gasteiger partial charge in [-0.1, -0.05) is 116 Å². The van der Waals surface area contributed by atoms with Gasteiger partial charge in [-0.3, -0.25) is 0 Å². The van der Waals surface area contributed by atoms with Crippen LogP contribution in [0.5, 0.6) is 0 Å². The minimum atomic E-state index is -0.110. The van der Waals surface area contributed by atoms with Crippen LogP contribution in [0.4, 0.5) is 51.2 Å². The highest BCUT2D eigenvalue weighted by atomic mass is 15.3. The summed E-state index contributed by atoms with van der Waals surface area (Å²) in [7, 11) is 0. The van der Waals surface area contributed by atoms with Crippen LogP contribution in [0.3, 0.4) is 0 Å². The molecule has 0 aromatic heterocycles. The van der Waals surface area contributed by atoms with Gasteiger partial charge in [-0.15, -0.1) is 0 Å². The molecule has 3 heterocycles. The quantitative estimate of drug-likeness (QED) is 0.145. The number of anilines is 9. The SMILES string of the molecule is CC(C)(C)c1ccc(N2c3ccc(C(C)(C)C)cc3B3c4ccccc4N(c4ccccc4)c4cc(N5c6ccc(N)cc6C6(C)CCCC56C)cc2c43)cc1. The molecule has 0 bridgehead atoms. The van der Waals surface area contributed by atoms with Crippen molar-refractivity contribution in [1.29, 1.82) is 0 Å². The number of hydrogen-bond donors (Lipinski definition) is 1. The fraction of sp³-hybridized carbons (Fsp3) is 0.294. The molecule has 4 nitrogen and oxygen atoms in total. The van der Waals surface area contributed by atoms with E-state index in [2.05, 4.69) is 197 Å². The van der Waals surface area contributed by atoms with Gasteiger partial charge in [-0.05, 0) is 130 Å². The normalized spacial score (nSPS) is 20.7. The molecule has 3 aliphatic heterocycles. The largest absolute Gasteiger partial charge is 0.399 e. The average molecular weight is 733 g/mol. The molecule has 56 heavy (non-hydrogen) atoms. The van der Waals surface area contributed by atoms with E-state index in [0.717, 1.165) is 18.5 Å². The summed E-state index contributed by atoms with van der Waals surface area (Å²) in [4.78, 5) is 7.80. The second-order valence-electron chi connectivity index (χ2n) is 19.3. The van der Waals surface area contributed by atoms with E-state index in [4.69, 9.17) is 5.73 Å². The molecule has 1 aliphatic carbocycles. The third-order valence-corrected chi connectivity index (χ3v) is 14.0. The molecule has 4 aliphatic rings. The van der Waals surface area contributed by atoms with E-state index in [1.165, 1.54) is 85.0 Å². The van der Waals surface area contributed by atoms with Gasteiger partial charge in [-0.2, -0.15) is 0 Å². The number of hydrogen-bond acceptors (Lipinski definition) is 4. The van der Waals surface area contributed by atoms with E-state index in [0.29, 0.717) is 0 Å². The summed E-state index contributed by atoms with van der Waals surface area (Å²) in [5.74, 6) is 0. The highest BCUT2D eigenvalue weighted by Crippen LogP contribution is 2.63. The van der Waals surface area contributed by atoms with Crippen LogP contribution < -0.4 is 36.8 Å². The van der Waals surface area contributed by atoms with E-state index in [-0.39, 0.29) is 28.5 Å². The molecule has 6 aromatic carbocycles. The molecule has 10 rings (SSSR count). The zero-order chi connectivity index (χ0) is 38.9. The lowest BCUT2D eigenvalue weighted by molar-refractivity contribution is 0.330. The van der Waals surface area contributed by atoms with E-state index in [1.54, 1.807) is 0 Å². The van der Waals surface area contributed by atoms with E-state index >= 15 is 0 Å². The molecule has 1 fully saturated rings. The summed E-state index contributed by atoms with van der Waals surface area (Å²) in [5, 5.41) is 0. The third-order valence-electron chi connectivity index (χ3n) is 14.0. The van der Waals surface area contributed by atoms with Crippen molar-refractivity contribution in [3.05, 3.63) is 144 Å². The van der Waals surface area contributed by atoms with Crippen LogP contribution in [0.2, 0.25) is 0 Å². The van der Waals surface area contributed by atoms with Gasteiger partial charge >= 0.3 is 0 Å². The summed E-state index contributed by atoms with van der Waals surface area (Å²) in [5.41, 5.74) is 25.3. The molecule has 1 saturated carbocycles. The maximum atomic E-state index is 6.56. The van der Waals surface area contributed by atoms with Gasteiger partial charge in [0.2, 0.25) is 0 Å². The van der Waals surface area contributed by atoms with Crippen LogP contribution in [0.1, 0.15) is 91.3 Å². The van der Waals surface area contributed by atoms with Crippen molar-refractivity contribution in [1.82, 2.24) is 0 Å². The predicted octanol–water partition coefficient (Wildman–Crippen LogP) is 11.3. The number of nitrogens with zero attached hydrogens (tertiary/aromatic N) is 3. The van der Waals surface area contributed by atoms with Crippen LogP contribution in [-0.4, -0.2) is 12.3 Å². The van der Waals surface area contributed by atoms with Crippen molar-refractivity contribution >= 4 is 74.3 Å². The molecular formula is C51H53BN4. The van der Waals surface area contributed by atoms with Gasteiger partial charge in [-0.25, -0.2) is 0 Å². The Morgan fingerprint density at radius 2 is 1.12 bits per heavy atom. The molecule has 5 heteroatoms. The summed E-state index contributed by atoms with van der Waals surface area (Å²) in [6.07, 6.45) is 3.46. The van der Waals surface area contributed by atoms with E-state index < -0.39 is 0 Å². The highest BCUT2D eigenvalue weighted by Gasteiger charge is 2.60. The lowest BCUT2D eigenvalue weighted by atomic mass is 9.33. The number of nitrogens with two attached hydrogens (primary N) is 1. The molecule has 2 N–H and O–H groups in total. The van der Waals surface area contributed by atoms with Gasteiger partial charge < -0.3 is 20.4 Å². The predicted molar refractivity (Wildman–Crippen MR) is 240 cm³/mol. The van der Waals surface area contributed by atoms with Crippen LogP contribution in [0, 0.1) is 0 Å². The molecular weight excluding hydrogens is 679 g/mol. The molecule has 0 spiro atoms. The van der Waals surface area contributed by atoms with Crippen LogP contribution >= 0.6 is 0 Å². The minimum absolute atomic E-state index is 0.00134. The number of benzene rings is 6. The standard InChI is InChI=1S/C51H53BN4/c1-48(2,3)33-19-23-37(24-20-33)55-44-25-21-34(49(4,5)6)29-41(44)52-40-17-12-13-18-43(40)54(36-15-10-9-11-16-36)45-31-38(32-46(55)47(45)52)56-42-26-22-35(53)30-39(42)50(7)27-14-28-51(50,56)8/h9-13,15-26,29-32H,14,27-28,53H2,1-8H3. The van der Waals surface area contributed by atoms with Crippen molar-refractivity contribution in [3.8, 4) is 0 Å². The average Bonchev–Trinajstić information content (AvgIpc) is 3.57. The van der Waals surface area contributed by atoms with Crippen LogP contribution in [-0.2, 0) is 16.2 Å². The number of rotatable bonds is 3. The van der Waals surface area contributed by atoms with E-state index in [1.807, 2.05) is 0 Å². The zero-order valence-corrected chi connectivity index (χ0v) is 34.2. The molecule has 280 valence electrons. The van der Waals surface area contributed by atoms with Crippen molar-refractivity contribution in [3.63, 3.8) is 0 Å². The topological polar surface area (TPSA) is 35.7 Å². The smallest absolute Gasteiger partial charge is 0.252 e. The Bertz CT molecular complexity index is 2550. The van der Waals surface area contributed by atoms with Crippen molar-refractivity contribution in [2.24, 2.45) is 0 Å². The maximum absolute atomic E-state index is 6.56. The summed E-state index contributed by atoms with van der Waals surface area (Å²) in [6, 6.07) is 48.4. The monoisotopic (exact) mass is 732 g/mol. The Balaban J connectivity index is 1.32. The Hall–Kier alpha value is -5.42. The Morgan fingerprint density at radius 1 is 0.536 bits per heavy atom. The number of fused-ring (bicyclic) bond motifs is 7. The van der Waals surface area contributed by atoms with Crippen molar-refractivity contribution < 1.29 is 0 Å². The molecule has 0 amide bonds. The van der Waals surface area contributed by atoms with Gasteiger partial charge in [0.15, 0.2) is 0 Å². The third kappa shape index (κ3) is 4.85. The lowest BCUT2D eigenvalue weighted by Crippen LogP contribution is -2.61. The van der Waals surface area contributed by atoms with Crippen LogP contribution in [0.25, 0.3) is 0 Å². The molecule has 6 aromatic rings. The van der Waals surface area contributed by atoms with Gasteiger partial charge in [0, 0.05) is 56.6 Å². The van der Waals surface area contributed by atoms with Crippen molar-refractivity contribution in [2.75, 3.05) is 20.4 Å². The Kier molecular flexibility index (Phi) is 7.38. The first-order valence-electron chi connectivity index (χ1n) is 20.6. The fourth-order valence-electron chi connectivity index (χ4n) is 10.8. The second kappa shape index (κ2) is 11.8. The Morgan fingerprint density at radius 3 is 1.80 bits per heavy atom. The van der Waals surface area contributed by atoms with Gasteiger partial charge in [0.25, 0.3) is 6.71 Å². The van der Waals surface area contributed by atoms with Crippen LogP contribution in [0.15, 0.2) is 127 Å². The lowest BCUT2D eigenvalue weighted by Gasteiger charge is -2.47. The molecule has 0 radical (unpaired) electrons.